The van der Waals surface area contributed by atoms with Gasteiger partial charge in [0.15, 0.2) is 0 Å². The van der Waals surface area contributed by atoms with Gasteiger partial charge in [0.25, 0.3) is 0 Å². The first-order valence-corrected chi connectivity index (χ1v) is 10.0. The van der Waals surface area contributed by atoms with Gasteiger partial charge in [-0.1, -0.05) is 58.0 Å². The maximum atomic E-state index is 13.9. The van der Waals surface area contributed by atoms with Crippen LogP contribution in [0.4, 0.5) is 4.39 Å². The van der Waals surface area contributed by atoms with Crippen LogP contribution in [0.2, 0.25) is 0 Å². The third kappa shape index (κ3) is 4.73. The predicted octanol–water partition coefficient (Wildman–Crippen LogP) is 6.48. The molecule has 0 spiro atoms. The molecule has 0 amide bonds. The van der Waals surface area contributed by atoms with Crippen LogP contribution in [0.15, 0.2) is 42.5 Å². The summed E-state index contributed by atoms with van der Waals surface area (Å²) in [7, 11) is 0. The minimum Gasteiger partial charge on any atom is -0.299 e. The van der Waals surface area contributed by atoms with Gasteiger partial charge in [-0.2, -0.15) is 0 Å². The zero-order valence-electron chi connectivity index (χ0n) is 16.6. The van der Waals surface area contributed by atoms with Gasteiger partial charge in [-0.05, 0) is 78.1 Å². The SMILES string of the molecule is CC(C)c1cc(F)cc(-c2ccc(CN3CCC(C(C)C)CC3)cc2)c1. The Kier molecular flexibility index (Phi) is 6.13. The summed E-state index contributed by atoms with van der Waals surface area (Å²) in [5.74, 6) is 1.87. The zero-order chi connectivity index (χ0) is 18.7. The molecule has 1 fully saturated rings. The fourth-order valence-corrected chi connectivity index (χ4v) is 3.95. The third-order valence-corrected chi connectivity index (χ3v) is 5.86. The van der Waals surface area contributed by atoms with Crippen molar-refractivity contribution in [3.63, 3.8) is 0 Å². The molecule has 0 radical (unpaired) electrons. The number of piperidine rings is 1. The molecule has 1 aliphatic heterocycles. The number of halogens is 1. The van der Waals surface area contributed by atoms with Crippen molar-refractivity contribution in [2.45, 2.75) is 53.0 Å². The molecule has 1 aliphatic rings. The van der Waals surface area contributed by atoms with Gasteiger partial charge >= 0.3 is 0 Å². The molecule has 0 unspecified atom stereocenters. The first kappa shape index (κ1) is 19.1. The van der Waals surface area contributed by atoms with Crippen molar-refractivity contribution in [2.24, 2.45) is 11.8 Å². The molecule has 0 N–H and O–H groups in total. The number of hydrogen-bond acceptors (Lipinski definition) is 1. The van der Waals surface area contributed by atoms with Crippen LogP contribution >= 0.6 is 0 Å². The number of nitrogens with zero attached hydrogens (tertiary/aromatic N) is 1. The largest absolute Gasteiger partial charge is 0.299 e. The number of likely N-dealkylation sites (tertiary alicyclic amines) is 1. The van der Waals surface area contributed by atoms with Gasteiger partial charge in [-0.25, -0.2) is 4.39 Å². The average Bonchev–Trinajstić information content (AvgIpc) is 2.62. The first-order chi connectivity index (χ1) is 12.4. The lowest BCUT2D eigenvalue weighted by Crippen LogP contribution is -2.34. The second kappa shape index (κ2) is 8.35. The van der Waals surface area contributed by atoms with Gasteiger partial charge in [0.1, 0.15) is 5.82 Å². The Morgan fingerprint density at radius 3 is 2.15 bits per heavy atom. The standard InChI is InChI=1S/C24H32FN/c1-17(2)20-9-11-26(12-10-20)16-19-5-7-21(8-6-19)23-13-22(18(3)4)14-24(25)15-23/h5-8,13-15,17-18,20H,9-12,16H2,1-4H3. The lowest BCUT2D eigenvalue weighted by atomic mass is 9.86. The van der Waals surface area contributed by atoms with Crippen LogP contribution in [0.25, 0.3) is 11.1 Å². The lowest BCUT2D eigenvalue weighted by molar-refractivity contribution is 0.152. The first-order valence-electron chi connectivity index (χ1n) is 10.0. The molecular weight excluding hydrogens is 321 g/mol. The maximum Gasteiger partial charge on any atom is 0.124 e. The van der Waals surface area contributed by atoms with E-state index < -0.39 is 0 Å². The molecule has 2 aromatic rings. The minimum absolute atomic E-state index is 0.150. The molecule has 1 heterocycles. The highest BCUT2D eigenvalue weighted by Gasteiger charge is 2.21. The van der Waals surface area contributed by atoms with Crippen LogP contribution in [-0.4, -0.2) is 18.0 Å². The Balaban J connectivity index is 1.66. The van der Waals surface area contributed by atoms with Gasteiger partial charge in [0.05, 0.1) is 0 Å². The Morgan fingerprint density at radius 2 is 1.58 bits per heavy atom. The summed E-state index contributed by atoms with van der Waals surface area (Å²) in [6.45, 7) is 12.3. The van der Waals surface area contributed by atoms with E-state index in [-0.39, 0.29) is 5.82 Å². The molecule has 2 aromatic carbocycles. The van der Waals surface area contributed by atoms with E-state index >= 15 is 0 Å². The van der Waals surface area contributed by atoms with Gasteiger partial charge in [-0.3, -0.25) is 4.90 Å². The molecule has 0 bridgehead atoms. The normalized spacial score (nSPS) is 16.6. The van der Waals surface area contributed by atoms with Gasteiger partial charge in [0, 0.05) is 6.54 Å². The molecule has 1 saturated heterocycles. The average molecular weight is 354 g/mol. The summed E-state index contributed by atoms with van der Waals surface area (Å²) in [6.07, 6.45) is 2.63. The third-order valence-electron chi connectivity index (χ3n) is 5.86. The van der Waals surface area contributed by atoms with Crippen molar-refractivity contribution in [1.29, 1.82) is 0 Å². The molecule has 140 valence electrons. The van der Waals surface area contributed by atoms with E-state index in [2.05, 4.69) is 62.9 Å². The van der Waals surface area contributed by atoms with Gasteiger partial charge < -0.3 is 0 Å². The second-order valence-corrected chi connectivity index (χ2v) is 8.48. The van der Waals surface area contributed by atoms with Crippen molar-refractivity contribution in [3.05, 3.63) is 59.4 Å². The van der Waals surface area contributed by atoms with Crippen LogP contribution in [-0.2, 0) is 6.54 Å². The van der Waals surface area contributed by atoms with Crippen LogP contribution in [0.3, 0.4) is 0 Å². The van der Waals surface area contributed by atoms with E-state index in [1.165, 1.54) is 31.5 Å². The highest BCUT2D eigenvalue weighted by Crippen LogP contribution is 2.28. The number of rotatable bonds is 5. The number of hydrogen-bond donors (Lipinski definition) is 0. The van der Waals surface area contributed by atoms with Crippen molar-refractivity contribution in [1.82, 2.24) is 4.90 Å². The van der Waals surface area contributed by atoms with Crippen molar-refractivity contribution in [2.75, 3.05) is 13.1 Å². The smallest absolute Gasteiger partial charge is 0.124 e. The Morgan fingerprint density at radius 1 is 0.923 bits per heavy atom. The molecule has 0 saturated carbocycles. The minimum atomic E-state index is -0.150. The van der Waals surface area contributed by atoms with Crippen molar-refractivity contribution >= 4 is 0 Å². The number of benzene rings is 2. The monoisotopic (exact) mass is 353 g/mol. The summed E-state index contributed by atoms with van der Waals surface area (Å²) in [5, 5.41) is 0. The maximum absolute atomic E-state index is 13.9. The molecule has 0 aromatic heterocycles. The van der Waals surface area contributed by atoms with E-state index in [1.807, 2.05) is 0 Å². The van der Waals surface area contributed by atoms with Crippen LogP contribution in [0, 0.1) is 17.7 Å². The van der Waals surface area contributed by atoms with Crippen LogP contribution < -0.4 is 0 Å². The molecule has 1 nitrogen and oxygen atoms in total. The highest BCUT2D eigenvalue weighted by atomic mass is 19.1. The molecular formula is C24H32FN. The van der Waals surface area contributed by atoms with E-state index in [0.717, 1.165) is 35.1 Å². The van der Waals surface area contributed by atoms with E-state index in [4.69, 9.17) is 0 Å². The van der Waals surface area contributed by atoms with E-state index in [1.54, 1.807) is 12.1 Å². The topological polar surface area (TPSA) is 3.24 Å². The zero-order valence-corrected chi connectivity index (χ0v) is 16.6. The fourth-order valence-electron chi connectivity index (χ4n) is 3.95. The molecule has 2 heteroatoms. The fraction of sp³-hybridized carbons (Fsp3) is 0.500. The Hall–Kier alpha value is -1.67. The van der Waals surface area contributed by atoms with Gasteiger partial charge in [0.2, 0.25) is 0 Å². The van der Waals surface area contributed by atoms with Crippen molar-refractivity contribution in [3.8, 4) is 11.1 Å². The Bertz CT molecular complexity index is 709. The van der Waals surface area contributed by atoms with Gasteiger partial charge in [-0.15, -0.1) is 0 Å². The van der Waals surface area contributed by atoms with Crippen molar-refractivity contribution < 1.29 is 4.39 Å². The van der Waals surface area contributed by atoms with Crippen LogP contribution in [0.5, 0.6) is 0 Å². The molecule has 26 heavy (non-hydrogen) atoms. The highest BCUT2D eigenvalue weighted by molar-refractivity contribution is 5.64. The molecule has 3 rings (SSSR count). The summed E-state index contributed by atoms with van der Waals surface area (Å²) in [5.41, 5.74) is 4.46. The summed E-state index contributed by atoms with van der Waals surface area (Å²) in [6, 6.07) is 14.1. The Labute approximate surface area is 158 Å². The van der Waals surface area contributed by atoms with E-state index in [9.17, 15) is 4.39 Å². The summed E-state index contributed by atoms with van der Waals surface area (Å²) >= 11 is 0. The molecule has 0 aliphatic carbocycles. The molecule has 0 atom stereocenters. The quantitative estimate of drug-likeness (QED) is 0.594. The van der Waals surface area contributed by atoms with E-state index in [0.29, 0.717) is 5.92 Å². The second-order valence-electron chi connectivity index (χ2n) is 8.48. The predicted molar refractivity (Wildman–Crippen MR) is 109 cm³/mol. The lowest BCUT2D eigenvalue weighted by Gasteiger charge is -2.33. The summed E-state index contributed by atoms with van der Waals surface area (Å²) in [4.78, 5) is 2.56. The summed E-state index contributed by atoms with van der Waals surface area (Å²) < 4.78 is 13.9. The van der Waals surface area contributed by atoms with Crippen LogP contribution in [0.1, 0.15) is 57.6 Å².